The molecule has 1 aliphatic rings. The van der Waals surface area contributed by atoms with E-state index in [0.717, 1.165) is 11.9 Å². The number of pyridine rings is 1. The average Bonchev–Trinajstić information content (AvgIpc) is 2.75. The Morgan fingerprint density at radius 2 is 2.06 bits per heavy atom. The Hall–Kier alpha value is -1.84. The molecule has 0 radical (unpaired) electrons. The first-order valence-electron chi connectivity index (χ1n) is 6.33. The second-order valence-corrected chi connectivity index (χ2v) is 4.59. The summed E-state index contributed by atoms with van der Waals surface area (Å²) < 4.78 is 0. The molecule has 3 rings (SSSR count). The number of amides is 1. The van der Waals surface area contributed by atoms with Crippen LogP contribution in [0.2, 0.25) is 0 Å². The van der Waals surface area contributed by atoms with Crippen LogP contribution < -0.4 is 5.32 Å². The molecule has 0 bridgehead atoms. The van der Waals surface area contributed by atoms with E-state index in [-0.39, 0.29) is 0 Å². The largest absolute Gasteiger partial charge is 0.362 e. The normalized spacial score (nSPS) is 13.4. The summed E-state index contributed by atoms with van der Waals surface area (Å²) in [6, 6.07) is 4.41. The van der Waals surface area contributed by atoms with Crippen LogP contribution in [0.1, 0.15) is 29.8 Å². The van der Waals surface area contributed by atoms with Gasteiger partial charge in [-0.25, -0.2) is 0 Å². The molecule has 0 saturated heterocycles. The van der Waals surface area contributed by atoms with Crippen molar-refractivity contribution in [2.45, 2.75) is 32.6 Å². The van der Waals surface area contributed by atoms with Crippen molar-refractivity contribution >= 4 is 17.4 Å². The van der Waals surface area contributed by atoms with Crippen LogP contribution in [-0.2, 0) is 17.6 Å². The second-order valence-electron chi connectivity index (χ2n) is 4.59. The lowest BCUT2D eigenvalue weighted by atomic mass is 9.96. The zero-order valence-corrected chi connectivity index (χ0v) is 10.9. The standard InChI is InChI=1S/C12H14N2.C2H5NO/c1-8-6-11-12(13-8)7-9-4-2-3-5-10(9)14-11;1-3-2-4/h6-7,13H,2-5H2,1H3;2H,1H3,(H,3,4). The number of nitrogens with one attached hydrogen (secondary N) is 2. The zero-order chi connectivity index (χ0) is 13.0. The Bertz CT molecular complexity index is 502. The Morgan fingerprint density at radius 1 is 1.33 bits per heavy atom. The van der Waals surface area contributed by atoms with Gasteiger partial charge >= 0.3 is 0 Å². The molecule has 0 aliphatic heterocycles. The highest BCUT2D eigenvalue weighted by atomic mass is 16.1. The monoisotopic (exact) mass is 245 g/mol. The summed E-state index contributed by atoms with van der Waals surface area (Å²) in [5.41, 5.74) is 6.30. The van der Waals surface area contributed by atoms with E-state index in [2.05, 4.69) is 29.4 Å². The number of fused-ring (bicyclic) bond motifs is 2. The zero-order valence-electron chi connectivity index (χ0n) is 10.9. The second kappa shape index (κ2) is 5.67. The molecule has 1 aliphatic carbocycles. The summed E-state index contributed by atoms with van der Waals surface area (Å²) in [6.07, 6.45) is 5.61. The van der Waals surface area contributed by atoms with Gasteiger partial charge in [-0.3, -0.25) is 9.78 Å². The fourth-order valence-corrected chi connectivity index (χ4v) is 2.31. The van der Waals surface area contributed by atoms with Crippen LogP contribution >= 0.6 is 0 Å². The molecule has 2 aromatic rings. The number of rotatable bonds is 1. The highest BCUT2D eigenvalue weighted by Gasteiger charge is 2.12. The van der Waals surface area contributed by atoms with Crippen molar-refractivity contribution in [2.75, 3.05) is 7.05 Å². The van der Waals surface area contributed by atoms with Gasteiger partial charge in [-0.15, -0.1) is 0 Å². The highest BCUT2D eigenvalue weighted by Crippen LogP contribution is 2.23. The van der Waals surface area contributed by atoms with Gasteiger partial charge in [0, 0.05) is 18.4 Å². The van der Waals surface area contributed by atoms with Crippen molar-refractivity contribution in [2.24, 2.45) is 0 Å². The number of hydrogen-bond acceptors (Lipinski definition) is 2. The van der Waals surface area contributed by atoms with E-state index in [1.807, 2.05) is 0 Å². The molecule has 2 aromatic heterocycles. The fourth-order valence-electron chi connectivity index (χ4n) is 2.31. The molecular weight excluding hydrogens is 226 g/mol. The van der Waals surface area contributed by atoms with E-state index in [1.54, 1.807) is 7.05 Å². The number of H-pyrrole nitrogens is 1. The number of hydrogen-bond donors (Lipinski definition) is 2. The van der Waals surface area contributed by atoms with Crippen molar-refractivity contribution in [1.82, 2.24) is 15.3 Å². The van der Waals surface area contributed by atoms with E-state index in [4.69, 9.17) is 9.78 Å². The van der Waals surface area contributed by atoms with Crippen LogP contribution in [0.5, 0.6) is 0 Å². The molecular formula is C14H19N3O. The lowest BCUT2D eigenvalue weighted by Gasteiger charge is -2.13. The third kappa shape index (κ3) is 2.70. The van der Waals surface area contributed by atoms with E-state index in [1.165, 1.54) is 41.7 Å². The maximum Gasteiger partial charge on any atom is 0.206 e. The molecule has 0 spiro atoms. The topological polar surface area (TPSA) is 57.8 Å². The van der Waals surface area contributed by atoms with Crippen LogP contribution in [0.4, 0.5) is 0 Å². The van der Waals surface area contributed by atoms with Crippen LogP contribution in [0.15, 0.2) is 12.1 Å². The Balaban J connectivity index is 0.000000267. The number of aryl methyl sites for hydroxylation is 3. The summed E-state index contributed by atoms with van der Waals surface area (Å²) in [5, 5.41) is 2.25. The van der Waals surface area contributed by atoms with E-state index < -0.39 is 0 Å². The quantitative estimate of drug-likeness (QED) is 0.756. The van der Waals surface area contributed by atoms with Crippen molar-refractivity contribution in [3.05, 3.63) is 29.1 Å². The van der Waals surface area contributed by atoms with Crippen molar-refractivity contribution in [3.8, 4) is 0 Å². The number of carbonyl (C=O) groups is 1. The minimum atomic E-state index is 0.625. The van der Waals surface area contributed by atoms with Crippen LogP contribution in [0.25, 0.3) is 11.0 Å². The third-order valence-corrected chi connectivity index (χ3v) is 3.13. The first-order valence-corrected chi connectivity index (χ1v) is 6.33. The Morgan fingerprint density at radius 3 is 2.78 bits per heavy atom. The van der Waals surface area contributed by atoms with Crippen LogP contribution in [-0.4, -0.2) is 23.4 Å². The van der Waals surface area contributed by atoms with Gasteiger partial charge in [-0.2, -0.15) is 0 Å². The Labute approximate surface area is 107 Å². The molecule has 1 amide bonds. The number of aromatic amines is 1. The lowest BCUT2D eigenvalue weighted by molar-refractivity contribution is -0.109. The van der Waals surface area contributed by atoms with E-state index in [0.29, 0.717) is 6.41 Å². The summed E-state index contributed by atoms with van der Waals surface area (Å²) >= 11 is 0. The lowest BCUT2D eigenvalue weighted by Crippen LogP contribution is -2.04. The van der Waals surface area contributed by atoms with E-state index in [9.17, 15) is 0 Å². The SMILES string of the molecule is CNC=O.Cc1cc2nc3c(cc2[nH]1)CCCC3. The maximum absolute atomic E-state index is 9.06. The summed E-state index contributed by atoms with van der Waals surface area (Å²) in [7, 11) is 1.56. The maximum atomic E-state index is 9.06. The summed E-state index contributed by atoms with van der Waals surface area (Å²) in [6.45, 7) is 2.08. The Kier molecular flexibility index (Phi) is 3.97. The molecule has 4 nitrogen and oxygen atoms in total. The predicted octanol–water partition coefficient (Wildman–Crippen LogP) is 2.11. The molecule has 0 aromatic carbocycles. The molecule has 18 heavy (non-hydrogen) atoms. The van der Waals surface area contributed by atoms with Gasteiger partial charge in [0.1, 0.15) is 0 Å². The first kappa shape index (κ1) is 12.6. The summed E-state index contributed by atoms with van der Waals surface area (Å²) in [5.74, 6) is 0. The molecule has 2 N–H and O–H groups in total. The molecule has 0 fully saturated rings. The van der Waals surface area contributed by atoms with Gasteiger partial charge in [0.05, 0.1) is 11.0 Å². The van der Waals surface area contributed by atoms with Crippen molar-refractivity contribution in [3.63, 3.8) is 0 Å². The molecule has 0 atom stereocenters. The molecule has 96 valence electrons. The van der Waals surface area contributed by atoms with Crippen LogP contribution in [0.3, 0.4) is 0 Å². The minimum Gasteiger partial charge on any atom is -0.362 e. The molecule has 4 heteroatoms. The number of nitrogens with zero attached hydrogens (tertiary/aromatic N) is 1. The van der Waals surface area contributed by atoms with Gasteiger partial charge in [0.2, 0.25) is 6.41 Å². The summed E-state index contributed by atoms with van der Waals surface area (Å²) in [4.78, 5) is 17.1. The number of aromatic nitrogens is 2. The van der Waals surface area contributed by atoms with Gasteiger partial charge in [-0.05, 0) is 50.3 Å². The molecule has 0 unspecified atom stereocenters. The molecule has 2 heterocycles. The minimum absolute atomic E-state index is 0.625. The highest BCUT2D eigenvalue weighted by molar-refractivity contribution is 5.77. The molecule has 0 saturated carbocycles. The average molecular weight is 245 g/mol. The fraction of sp³-hybridized carbons (Fsp3) is 0.429. The van der Waals surface area contributed by atoms with Crippen LogP contribution in [0, 0.1) is 6.92 Å². The van der Waals surface area contributed by atoms with Gasteiger partial charge in [0.25, 0.3) is 0 Å². The van der Waals surface area contributed by atoms with Gasteiger partial charge in [-0.1, -0.05) is 0 Å². The van der Waals surface area contributed by atoms with E-state index >= 15 is 0 Å². The third-order valence-electron chi connectivity index (χ3n) is 3.13. The smallest absolute Gasteiger partial charge is 0.206 e. The number of carbonyl (C=O) groups excluding carboxylic acids is 1. The first-order chi connectivity index (χ1) is 8.74. The van der Waals surface area contributed by atoms with Crippen molar-refractivity contribution in [1.29, 1.82) is 0 Å². The van der Waals surface area contributed by atoms with Gasteiger partial charge < -0.3 is 10.3 Å². The van der Waals surface area contributed by atoms with Crippen molar-refractivity contribution < 1.29 is 4.79 Å². The predicted molar refractivity (Wildman–Crippen MR) is 72.6 cm³/mol. The van der Waals surface area contributed by atoms with Gasteiger partial charge in [0.15, 0.2) is 0 Å².